The van der Waals surface area contributed by atoms with E-state index in [0.717, 1.165) is 0 Å². The number of nitrogens with zero attached hydrogens (tertiary/aromatic N) is 4. The van der Waals surface area contributed by atoms with Crippen molar-refractivity contribution < 1.29 is 28.5 Å². The molecular weight excluding hydrogens is 370 g/mol. The van der Waals surface area contributed by atoms with Gasteiger partial charge in [0.05, 0.1) is 11.6 Å². The second-order valence-electron chi connectivity index (χ2n) is 6.82. The topological polar surface area (TPSA) is 151 Å². The van der Waals surface area contributed by atoms with E-state index in [4.69, 9.17) is 24.7 Å². The standard InChI is InChI=1S/C17H17N5O6/c1-8(2)15(23)25-5-10-12-13(27-16(24)26-12)17(6-18,28-10)11-4-3-9-14(19)20-7-21-22(9)11/h3-4,7-8,10,12-13H,5H2,1-2H3,(H2,19,20,21)/t10-,12-,13-,17+/m1/s1. The average Bonchev–Trinajstić information content (AvgIpc) is 3.33. The van der Waals surface area contributed by atoms with Gasteiger partial charge in [0, 0.05) is 0 Å². The Hall–Kier alpha value is -3.39. The molecule has 2 fully saturated rings. The second-order valence-corrected chi connectivity index (χ2v) is 6.82. The molecule has 0 radical (unpaired) electrons. The van der Waals surface area contributed by atoms with Crippen LogP contribution in [-0.2, 0) is 29.3 Å². The predicted octanol–water partition coefficient (Wildman–Crippen LogP) is 0.532. The zero-order valence-electron chi connectivity index (χ0n) is 15.1. The molecule has 2 saturated heterocycles. The van der Waals surface area contributed by atoms with Crippen LogP contribution < -0.4 is 5.73 Å². The van der Waals surface area contributed by atoms with E-state index in [2.05, 4.69) is 16.2 Å². The van der Waals surface area contributed by atoms with Gasteiger partial charge in [-0.25, -0.2) is 14.3 Å². The molecule has 11 nitrogen and oxygen atoms in total. The number of hydrogen-bond acceptors (Lipinski definition) is 10. The number of fused-ring (bicyclic) bond motifs is 2. The van der Waals surface area contributed by atoms with Gasteiger partial charge in [0.15, 0.2) is 18.0 Å². The van der Waals surface area contributed by atoms with Crippen molar-refractivity contribution in [1.82, 2.24) is 14.6 Å². The van der Waals surface area contributed by atoms with Crippen LogP contribution in [0.4, 0.5) is 10.6 Å². The van der Waals surface area contributed by atoms with Crippen molar-refractivity contribution in [2.24, 2.45) is 5.92 Å². The normalized spacial score (nSPS) is 28.6. The summed E-state index contributed by atoms with van der Waals surface area (Å²) in [6.45, 7) is 3.18. The fourth-order valence-corrected chi connectivity index (χ4v) is 3.38. The third-order valence-electron chi connectivity index (χ3n) is 4.75. The van der Waals surface area contributed by atoms with Crippen molar-refractivity contribution in [2.45, 2.75) is 37.8 Å². The monoisotopic (exact) mass is 387 g/mol. The Kier molecular flexibility index (Phi) is 4.08. The Morgan fingerprint density at radius 1 is 1.46 bits per heavy atom. The van der Waals surface area contributed by atoms with Crippen LogP contribution in [0.5, 0.6) is 0 Å². The first-order valence-electron chi connectivity index (χ1n) is 8.59. The van der Waals surface area contributed by atoms with Crippen LogP contribution in [-0.4, -0.2) is 51.6 Å². The second kappa shape index (κ2) is 6.35. The Morgan fingerprint density at radius 3 is 2.96 bits per heavy atom. The molecule has 0 saturated carbocycles. The molecule has 0 spiro atoms. The molecule has 0 bridgehead atoms. The number of nitriles is 1. The molecule has 0 aliphatic carbocycles. The lowest BCUT2D eigenvalue weighted by Gasteiger charge is -2.24. The van der Waals surface area contributed by atoms with E-state index >= 15 is 0 Å². The lowest BCUT2D eigenvalue weighted by molar-refractivity contribution is -0.155. The number of rotatable bonds is 4. The molecule has 0 unspecified atom stereocenters. The first-order chi connectivity index (χ1) is 13.4. The van der Waals surface area contributed by atoms with E-state index in [9.17, 15) is 14.9 Å². The summed E-state index contributed by atoms with van der Waals surface area (Å²) >= 11 is 0. The summed E-state index contributed by atoms with van der Waals surface area (Å²) in [6.07, 6.45) is -2.56. The van der Waals surface area contributed by atoms with Gasteiger partial charge in [-0.1, -0.05) is 13.8 Å². The summed E-state index contributed by atoms with van der Waals surface area (Å²) in [5.74, 6) is -0.561. The molecule has 2 aliphatic heterocycles. The summed E-state index contributed by atoms with van der Waals surface area (Å²) < 4.78 is 23.0. The molecule has 2 aromatic rings. The number of nitrogens with two attached hydrogens (primary N) is 1. The van der Waals surface area contributed by atoms with Crippen LogP contribution in [0.25, 0.3) is 5.52 Å². The molecule has 2 aromatic heterocycles. The van der Waals surface area contributed by atoms with Crippen molar-refractivity contribution in [3.05, 3.63) is 24.2 Å². The van der Waals surface area contributed by atoms with Gasteiger partial charge in [-0.15, -0.1) is 0 Å². The van der Waals surface area contributed by atoms with Crippen LogP contribution in [0.2, 0.25) is 0 Å². The number of ether oxygens (including phenoxy) is 4. The van der Waals surface area contributed by atoms with E-state index in [1.54, 1.807) is 26.0 Å². The maximum absolute atomic E-state index is 11.8. The largest absolute Gasteiger partial charge is 0.509 e. The van der Waals surface area contributed by atoms with Gasteiger partial charge < -0.3 is 24.7 Å². The summed E-state index contributed by atoms with van der Waals surface area (Å²) in [6, 6.07) is 5.31. The maximum Gasteiger partial charge on any atom is 0.509 e. The number of nitrogen functional groups attached to an aromatic ring is 1. The molecule has 4 rings (SSSR count). The maximum atomic E-state index is 11.8. The highest BCUT2D eigenvalue weighted by atomic mass is 16.8. The van der Waals surface area contributed by atoms with Crippen molar-refractivity contribution in [2.75, 3.05) is 12.3 Å². The van der Waals surface area contributed by atoms with Crippen molar-refractivity contribution in [1.29, 1.82) is 5.26 Å². The fourth-order valence-electron chi connectivity index (χ4n) is 3.38. The number of hydrogen-bond donors (Lipinski definition) is 1. The molecule has 28 heavy (non-hydrogen) atoms. The molecule has 2 aliphatic rings. The van der Waals surface area contributed by atoms with Gasteiger partial charge in [0.1, 0.15) is 30.6 Å². The highest BCUT2D eigenvalue weighted by Gasteiger charge is 2.65. The molecule has 11 heteroatoms. The highest BCUT2D eigenvalue weighted by Crippen LogP contribution is 2.46. The highest BCUT2D eigenvalue weighted by molar-refractivity contribution is 5.71. The Balaban J connectivity index is 1.73. The van der Waals surface area contributed by atoms with Crippen LogP contribution in [0.15, 0.2) is 18.5 Å². The minimum Gasteiger partial charge on any atom is -0.463 e. The lowest BCUT2D eigenvalue weighted by atomic mass is 9.92. The summed E-state index contributed by atoms with van der Waals surface area (Å²) in [5.41, 5.74) is 4.89. The Bertz CT molecular complexity index is 998. The number of anilines is 1. The zero-order chi connectivity index (χ0) is 20.1. The summed E-state index contributed by atoms with van der Waals surface area (Å²) in [5, 5.41) is 14.1. The molecule has 0 aromatic carbocycles. The van der Waals surface area contributed by atoms with Crippen molar-refractivity contribution in [3.8, 4) is 6.07 Å². The first-order valence-corrected chi connectivity index (χ1v) is 8.59. The van der Waals surface area contributed by atoms with E-state index in [1.807, 2.05) is 0 Å². The van der Waals surface area contributed by atoms with Gasteiger partial charge >= 0.3 is 12.1 Å². The molecule has 0 amide bonds. The first kappa shape index (κ1) is 18.0. The Morgan fingerprint density at radius 2 is 2.25 bits per heavy atom. The van der Waals surface area contributed by atoms with Crippen LogP contribution >= 0.6 is 0 Å². The zero-order valence-corrected chi connectivity index (χ0v) is 15.1. The van der Waals surface area contributed by atoms with Crippen molar-refractivity contribution >= 4 is 23.5 Å². The third kappa shape index (κ3) is 2.53. The van der Waals surface area contributed by atoms with Crippen LogP contribution in [0, 0.1) is 17.2 Å². The molecule has 4 heterocycles. The van der Waals surface area contributed by atoms with Crippen LogP contribution in [0.1, 0.15) is 19.5 Å². The number of carbonyl (C=O) groups excluding carboxylic acids is 2. The van der Waals surface area contributed by atoms with Gasteiger partial charge in [-0.3, -0.25) is 4.79 Å². The Labute approximate surface area is 158 Å². The number of aromatic nitrogens is 3. The lowest BCUT2D eigenvalue weighted by Crippen LogP contribution is -2.39. The van der Waals surface area contributed by atoms with E-state index in [1.165, 1.54) is 10.8 Å². The van der Waals surface area contributed by atoms with Crippen LogP contribution in [0.3, 0.4) is 0 Å². The van der Waals surface area contributed by atoms with Crippen molar-refractivity contribution in [3.63, 3.8) is 0 Å². The quantitative estimate of drug-likeness (QED) is 0.735. The summed E-state index contributed by atoms with van der Waals surface area (Å²) in [7, 11) is 0. The smallest absolute Gasteiger partial charge is 0.463 e. The fraction of sp³-hybridized carbons (Fsp3) is 0.471. The predicted molar refractivity (Wildman–Crippen MR) is 90.5 cm³/mol. The minimum absolute atomic E-state index is 0.196. The summed E-state index contributed by atoms with van der Waals surface area (Å²) in [4.78, 5) is 27.5. The SMILES string of the molecule is CC(C)C(=O)OC[C@H]1O[C@@](C#N)(c2ccc3c(N)ncnn23)[C@@H]2OC(=O)O[C@@H]21. The molecule has 2 N–H and O–H groups in total. The number of carbonyl (C=O) groups is 2. The van der Waals surface area contributed by atoms with E-state index < -0.39 is 36.0 Å². The molecular formula is C17H17N5O6. The van der Waals surface area contributed by atoms with E-state index in [0.29, 0.717) is 11.2 Å². The van der Waals surface area contributed by atoms with Gasteiger partial charge in [-0.2, -0.15) is 10.4 Å². The molecule has 146 valence electrons. The third-order valence-corrected chi connectivity index (χ3v) is 4.75. The number of esters is 1. The van der Waals surface area contributed by atoms with Gasteiger partial charge in [-0.05, 0) is 12.1 Å². The minimum atomic E-state index is -1.72. The van der Waals surface area contributed by atoms with E-state index in [-0.39, 0.29) is 18.3 Å². The molecule has 4 atom stereocenters. The van der Waals surface area contributed by atoms with Gasteiger partial charge in [0.2, 0.25) is 5.60 Å². The van der Waals surface area contributed by atoms with Gasteiger partial charge in [0.25, 0.3) is 0 Å². The average molecular weight is 387 g/mol.